The van der Waals surface area contributed by atoms with E-state index in [0.717, 1.165) is 11.1 Å². The first kappa shape index (κ1) is 19.1. The summed E-state index contributed by atoms with van der Waals surface area (Å²) in [7, 11) is 0. The quantitative estimate of drug-likeness (QED) is 0.447. The van der Waals surface area contributed by atoms with E-state index in [0.29, 0.717) is 23.9 Å². The summed E-state index contributed by atoms with van der Waals surface area (Å²) >= 11 is 1.36. The van der Waals surface area contributed by atoms with Gasteiger partial charge in [0.05, 0.1) is 24.3 Å². The molecule has 29 heavy (non-hydrogen) atoms. The zero-order valence-corrected chi connectivity index (χ0v) is 16.3. The van der Waals surface area contributed by atoms with E-state index in [9.17, 15) is 9.18 Å². The highest BCUT2D eigenvalue weighted by Gasteiger charge is 2.38. The fourth-order valence-electron chi connectivity index (χ4n) is 2.94. The summed E-state index contributed by atoms with van der Waals surface area (Å²) in [5.41, 5.74) is 1.82. The summed E-state index contributed by atoms with van der Waals surface area (Å²) in [6.07, 6.45) is 3.71. The van der Waals surface area contributed by atoms with Gasteiger partial charge in [0, 0.05) is 0 Å². The van der Waals surface area contributed by atoms with Gasteiger partial charge in [-0.2, -0.15) is 5.10 Å². The Bertz CT molecular complexity index is 1020. The average Bonchev–Trinajstić information content (AvgIpc) is 3.35. The van der Waals surface area contributed by atoms with Gasteiger partial charge in [-0.1, -0.05) is 54.2 Å². The largest absolute Gasteiger partial charge is 0.467 e. The van der Waals surface area contributed by atoms with Gasteiger partial charge in [-0.15, -0.1) is 5.10 Å². The lowest BCUT2D eigenvalue weighted by atomic mass is 10.1. The molecule has 1 amide bonds. The van der Waals surface area contributed by atoms with Crippen LogP contribution in [-0.2, 0) is 17.8 Å². The number of hydrogen-bond donors (Lipinski definition) is 0. The lowest BCUT2D eigenvalue weighted by Gasteiger charge is -2.14. The molecule has 1 fully saturated rings. The molecule has 1 atom stereocenters. The molecule has 1 aliphatic heterocycles. The van der Waals surface area contributed by atoms with Gasteiger partial charge >= 0.3 is 0 Å². The smallest absolute Gasteiger partial charge is 0.242 e. The van der Waals surface area contributed by atoms with Crippen molar-refractivity contribution < 1.29 is 13.6 Å². The molecule has 1 aliphatic rings. The van der Waals surface area contributed by atoms with Gasteiger partial charge < -0.3 is 4.42 Å². The van der Waals surface area contributed by atoms with E-state index in [2.05, 4.69) is 10.2 Å². The Kier molecular flexibility index (Phi) is 5.86. The number of furan rings is 1. The Labute approximate surface area is 171 Å². The molecule has 0 bridgehead atoms. The number of carbonyl (C=O) groups excluding carboxylic acids is 1. The van der Waals surface area contributed by atoms with Crippen molar-refractivity contribution >= 4 is 29.1 Å². The van der Waals surface area contributed by atoms with Crippen molar-refractivity contribution in [3.8, 4) is 0 Å². The Morgan fingerprint density at radius 3 is 2.59 bits per heavy atom. The maximum absolute atomic E-state index is 13.2. The van der Waals surface area contributed by atoms with Gasteiger partial charge in [-0.05, 0) is 41.8 Å². The van der Waals surface area contributed by atoms with Crippen molar-refractivity contribution in [2.24, 2.45) is 10.2 Å². The molecule has 1 saturated heterocycles. The number of thioether (sulfide) groups is 1. The molecule has 146 valence electrons. The number of nitrogens with zero attached hydrogens (tertiary/aromatic N) is 3. The number of rotatable bonds is 6. The third-order valence-electron chi connectivity index (χ3n) is 4.40. The summed E-state index contributed by atoms with van der Waals surface area (Å²) in [6.45, 7) is 0.290. The van der Waals surface area contributed by atoms with Gasteiger partial charge in [0.2, 0.25) is 5.91 Å². The van der Waals surface area contributed by atoms with Crippen LogP contribution in [-0.4, -0.2) is 27.4 Å². The third kappa shape index (κ3) is 4.81. The molecular weight excluding hydrogens is 389 g/mol. The Balaban J connectivity index is 1.54. The Hall–Kier alpha value is -3.19. The van der Waals surface area contributed by atoms with Crippen LogP contribution >= 0.6 is 11.8 Å². The molecule has 5 nitrogen and oxygen atoms in total. The van der Waals surface area contributed by atoms with E-state index >= 15 is 0 Å². The molecule has 7 heteroatoms. The van der Waals surface area contributed by atoms with Gasteiger partial charge in [0.1, 0.15) is 11.6 Å². The van der Waals surface area contributed by atoms with Crippen LogP contribution in [0.1, 0.15) is 16.9 Å². The predicted molar refractivity (Wildman–Crippen MR) is 112 cm³/mol. The first-order valence-corrected chi connectivity index (χ1v) is 9.98. The van der Waals surface area contributed by atoms with Crippen molar-refractivity contribution in [3.05, 3.63) is 95.7 Å². The second-order valence-electron chi connectivity index (χ2n) is 6.48. The lowest BCUT2D eigenvalue weighted by Crippen LogP contribution is -2.32. The van der Waals surface area contributed by atoms with Crippen molar-refractivity contribution in [1.82, 2.24) is 4.90 Å². The van der Waals surface area contributed by atoms with Gasteiger partial charge in [-0.3, -0.25) is 9.69 Å². The van der Waals surface area contributed by atoms with Crippen LogP contribution < -0.4 is 0 Å². The lowest BCUT2D eigenvalue weighted by molar-refractivity contribution is -0.126. The molecule has 0 spiro atoms. The zero-order chi connectivity index (χ0) is 20.1. The van der Waals surface area contributed by atoms with Crippen LogP contribution in [0.4, 0.5) is 4.39 Å². The van der Waals surface area contributed by atoms with E-state index in [4.69, 9.17) is 4.42 Å². The summed E-state index contributed by atoms with van der Waals surface area (Å²) in [5.74, 6) is 0.307. The van der Waals surface area contributed by atoms with Crippen molar-refractivity contribution in [2.75, 3.05) is 0 Å². The summed E-state index contributed by atoms with van der Waals surface area (Å²) in [5, 5.41) is 8.62. The maximum Gasteiger partial charge on any atom is 0.242 e. The van der Waals surface area contributed by atoms with Crippen molar-refractivity contribution in [1.29, 1.82) is 0 Å². The Morgan fingerprint density at radius 2 is 1.86 bits per heavy atom. The minimum Gasteiger partial charge on any atom is -0.467 e. The minimum atomic E-state index is -0.346. The number of halogens is 1. The molecule has 2 heterocycles. The SMILES string of the molecule is O=C1C(Cc2ccc(F)cc2)SC(=NN=Cc2ccccc2)N1Cc1ccco1. The van der Waals surface area contributed by atoms with E-state index in [-0.39, 0.29) is 17.0 Å². The van der Waals surface area contributed by atoms with Crippen molar-refractivity contribution in [3.63, 3.8) is 0 Å². The van der Waals surface area contributed by atoms with E-state index in [1.807, 2.05) is 36.4 Å². The van der Waals surface area contributed by atoms with Gasteiger partial charge in [0.15, 0.2) is 5.17 Å². The van der Waals surface area contributed by atoms with E-state index < -0.39 is 0 Å². The number of hydrogen-bond acceptors (Lipinski definition) is 5. The first-order chi connectivity index (χ1) is 14.2. The molecule has 2 aromatic carbocycles. The summed E-state index contributed by atoms with van der Waals surface area (Å²) in [4.78, 5) is 14.6. The molecule has 0 aliphatic carbocycles. The zero-order valence-electron chi connectivity index (χ0n) is 15.4. The predicted octanol–water partition coefficient (Wildman–Crippen LogP) is 4.50. The summed E-state index contributed by atoms with van der Waals surface area (Å²) < 4.78 is 18.6. The topological polar surface area (TPSA) is 58.2 Å². The van der Waals surface area contributed by atoms with Crippen LogP contribution in [0.2, 0.25) is 0 Å². The van der Waals surface area contributed by atoms with Crippen LogP contribution in [0.25, 0.3) is 0 Å². The normalized spacial score (nSPS) is 18.2. The monoisotopic (exact) mass is 407 g/mol. The summed E-state index contributed by atoms with van der Waals surface area (Å²) in [6, 6.07) is 19.4. The van der Waals surface area contributed by atoms with E-state index in [1.165, 1.54) is 23.9 Å². The van der Waals surface area contributed by atoms with Crippen molar-refractivity contribution in [2.45, 2.75) is 18.2 Å². The second-order valence-corrected chi connectivity index (χ2v) is 7.65. The fourth-order valence-corrected chi connectivity index (χ4v) is 4.07. The number of amides is 1. The highest BCUT2D eigenvalue weighted by Crippen LogP contribution is 2.31. The maximum atomic E-state index is 13.2. The van der Waals surface area contributed by atoms with Crippen LogP contribution in [0, 0.1) is 5.82 Å². The highest BCUT2D eigenvalue weighted by molar-refractivity contribution is 8.15. The number of carbonyl (C=O) groups is 1. The number of benzene rings is 2. The first-order valence-electron chi connectivity index (χ1n) is 9.10. The molecule has 4 rings (SSSR count). The molecule has 3 aromatic rings. The molecule has 1 aromatic heterocycles. The Morgan fingerprint density at radius 1 is 1.07 bits per heavy atom. The molecule has 1 unspecified atom stereocenters. The molecular formula is C22H18FN3O2S. The molecule has 0 saturated carbocycles. The van der Waals surface area contributed by atoms with Crippen LogP contribution in [0.3, 0.4) is 0 Å². The van der Waals surface area contributed by atoms with Crippen LogP contribution in [0.15, 0.2) is 87.6 Å². The highest BCUT2D eigenvalue weighted by atomic mass is 32.2. The average molecular weight is 407 g/mol. The van der Waals surface area contributed by atoms with Gasteiger partial charge in [0.25, 0.3) is 0 Å². The van der Waals surface area contributed by atoms with E-state index in [1.54, 1.807) is 35.6 Å². The third-order valence-corrected chi connectivity index (χ3v) is 5.56. The van der Waals surface area contributed by atoms with Gasteiger partial charge in [-0.25, -0.2) is 4.39 Å². The number of amidine groups is 1. The van der Waals surface area contributed by atoms with Crippen LogP contribution in [0.5, 0.6) is 0 Å². The molecule has 0 radical (unpaired) electrons. The standard InChI is InChI=1S/C22H18FN3O2S/c23-18-10-8-16(9-11-18)13-20-21(27)26(15-19-7-4-12-28-19)22(29-20)25-24-14-17-5-2-1-3-6-17/h1-12,14,20H,13,15H2. The fraction of sp³-hybridized carbons (Fsp3) is 0.136. The molecule has 0 N–H and O–H groups in total. The minimum absolute atomic E-state index is 0.0654. The second kappa shape index (κ2) is 8.87.